The van der Waals surface area contributed by atoms with E-state index in [-0.39, 0.29) is 0 Å². The van der Waals surface area contributed by atoms with Crippen LogP contribution in [-0.2, 0) is 6.42 Å². The number of benzene rings is 1. The lowest BCUT2D eigenvalue weighted by atomic mass is 9.83. The Morgan fingerprint density at radius 3 is 2.78 bits per heavy atom. The topological polar surface area (TPSA) is 23.5 Å². The Morgan fingerprint density at radius 2 is 2.11 bits per heavy atom. The maximum Gasteiger partial charge on any atom is 0.0922 e. The van der Waals surface area contributed by atoms with E-state index in [1.807, 2.05) is 11.8 Å². The number of hydrogen-bond donors (Lipinski definition) is 1. The molecule has 3 heteroatoms. The monoisotopic (exact) mass is 263 g/mol. The maximum atomic E-state index is 10.3. The van der Waals surface area contributed by atoms with Gasteiger partial charge in [-0.2, -0.15) is 0 Å². The normalized spacial score (nSPS) is 26.1. The Balaban J connectivity index is 1.53. The quantitative estimate of drug-likeness (QED) is 0.906. The fourth-order valence-electron chi connectivity index (χ4n) is 2.87. The van der Waals surface area contributed by atoms with Crippen molar-refractivity contribution in [3.8, 4) is 0 Å². The third-order valence-corrected chi connectivity index (χ3v) is 5.55. The summed E-state index contributed by atoms with van der Waals surface area (Å²) in [6.45, 7) is 7.01. The lowest BCUT2D eigenvalue weighted by Crippen LogP contribution is -2.65. The molecule has 0 saturated carbocycles. The molecule has 1 atom stereocenters. The number of nitrogens with zero attached hydrogens (tertiary/aromatic N) is 1. The van der Waals surface area contributed by atoms with Crippen molar-refractivity contribution in [1.82, 2.24) is 4.90 Å². The molecule has 98 valence electrons. The number of aliphatic hydroxyl groups is 1. The third-order valence-electron chi connectivity index (χ3n) is 4.25. The molecule has 1 aromatic carbocycles. The van der Waals surface area contributed by atoms with Crippen LogP contribution in [0.4, 0.5) is 0 Å². The summed E-state index contributed by atoms with van der Waals surface area (Å²) in [5.41, 5.74) is 1.06. The lowest BCUT2D eigenvalue weighted by Gasteiger charge is -2.49. The number of fused-ring (bicyclic) bond motifs is 1. The Kier molecular flexibility index (Phi) is 3.16. The van der Waals surface area contributed by atoms with E-state index < -0.39 is 5.60 Å². The smallest absolute Gasteiger partial charge is 0.0922 e. The predicted octanol–water partition coefficient (Wildman–Crippen LogP) is 2.41. The van der Waals surface area contributed by atoms with Gasteiger partial charge in [0.15, 0.2) is 0 Å². The lowest BCUT2D eigenvalue weighted by molar-refractivity contribution is -0.126. The highest BCUT2D eigenvalue weighted by Crippen LogP contribution is 2.38. The Hall–Kier alpha value is -0.510. The van der Waals surface area contributed by atoms with Crippen LogP contribution < -0.4 is 0 Å². The number of rotatable bonds is 3. The van der Waals surface area contributed by atoms with Gasteiger partial charge in [0, 0.05) is 29.8 Å². The maximum absolute atomic E-state index is 10.3. The minimum absolute atomic E-state index is 0.363. The van der Waals surface area contributed by atoms with Crippen molar-refractivity contribution in [2.45, 2.75) is 36.0 Å². The molecule has 0 amide bonds. The molecule has 3 rings (SSSR count). The highest BCUT2D eigenvalue weighted by molar-refractivity contribution is 8.00. The zero-order valence-corrected chi connectivity index (χ0v) is 11.9. The average Bonchev–Trinajstić information content (AvgIpc) is 2.68. The van der Waals surface area contributed by atoms with Crippen LogP contribution in [0.2, 0.25) is 0 Å². The molecule has 0 aromatic heterocycles. The SMILES string of the molecule is CC(C)C1(O)CN(CC2Cc3ccccc3S2)C1. The van der Waals surface area contributed by atoms with Gasteiger partial charge in [0.1, 0.15) is 0 Å². The molecule has 2 heterocycles. The van der Waals surface area contributed by atoms with E-state index in [0.29, 0.717) is 11.2 Å². The summed E-state index contributed by atoms with van der Waals surface area (Å²) >= 11 is 2.00. The van der Waals surface area contributed by atoms with E-state index in [9.17, 15) is 5.11 Å². The highest BCUT2D eigenvalue weighted by Gasteiger charge is 2.44. The fraction of sp³-hybridized carbons (Fsp3) is 0.600. The fourth-order valence-corrected chi connectivity index (χ4v) is 4.23. The number of likely N-dealkylation sites (tertiary alicyclic amines) is 1. The van der Waals surface area contributed by atoms with Crippen molar-refractivity contribution in [1.29, 1.82) is 0 Å². The summed E-state index contributed by atoms with van der Waals surface area (Å²) in [5, 5.41) is 10.9. The van der Waals surface area contributed by atoms with Gasteiger partial charge >= 0.3 is 0 Å². The highest BCUT2D eigenvalue weighted by atomic mass is 32.2. The molecule has 1 saturated heterocycles. The average molecular weight is 263 g/mol. The molecule has 1 unspecified atom stereocenters. The second-order valence-electron chi connectivity index (χ2n) is 5.98. The third kappa shape index (κ3) is 2.20. The van der Waals surface area contributed by atoms with E-state index in [1.54, 1.807) is 0 Å². The van der Waals surface area contributed by atoms with E-state index in [2.05, 4.69) is 43.0 Å². The van der Waals surface area contributed by atoms with Gasteiger partial charge in [-0.1, -0.05) is 32.0 Å². The van der Waals surface area contributed by atoms with Gasteiger partial charge in [-0.3, -0.25) is 4.90 Å². The van der Waals surface area contributed by atoms with Gasteiger partial charge in [0.25, 0.3) is 0 Å². The molecule has 2 aliphatic rings. The first-order chi connectivity index (χ1) is 8.57. The summed E-state index contributed by atoms with van der Waals surface area (Å²) in [7, 11) is 0. The van der Waals surface area contributed by atoms with Crippen molar-refractivity contribution >= 4 is 11.8 Å². The van der Waals surface area contributed by atoms with Gasteiger partial charge in [0.05, 0.1) is 5.60 Å². The first-order valence-corrected chi connectivity index (χ1v) is 7.64. The van der Waals surface area contributed by atoms with Crippen molar-refractivity contribution < 1.29 is 5.11 Å². The second kappa shape index (κ2) is 4.55. The first kappa shape index (κ1) is 12.5. The van der Waals surface area contributed by atoms with Crippen LogP contribution >= 0.6 is 11.8 Å². The van der Waals surface area contributed by atoms with E-state index in [0.717, 1.165) is 19.6 Å². The van der Waals surface area contributed by atoms with Crippen LogP contribution in [0.3, 0.4) is 0 Å². The summed E-state index contributed by atoms with van der Waals surface area (Å²) in [4.78, 5) is 3.84. The van der Waals surface area contributed by atoms with Crippen molar-refractivity contribution in [3.63, 3.8) is 0 Å². The zero-order valence-electron chi connectivity index (χ0n) is 11.1. The largest absolute Gasteiger partial charge is 0.387 e. The summed E-state index contributed by atoms with van der Waals surface area (Å²) in [6, 6.07) is 8.71. The van der Waals surface area contributed by atoms with E-state index >= 15 is 0 Å². The minimum Gasteiger partial charge on any atom is -0.387 e. The molecule has 2 nitrogen and oxygen atoms in total. The Bertz CT molecular complexity index is 415. The number of thioether (sulfide) groups is 1. The van der Waals surface area contributed by atoms with E-state index in [1.165, 1.54) is 16.9 Å². The minimum atomic E-state index is -0.434. The molecule has 1 fully saturated rings. The number of hydrogen-bond acceptors (Lipinski definition) is 3. The second-order valence-corrected chi connectivity index (χ2v) is 7.32. The molecule has 0 spiro atoms. The van der Waals surface area contributed by atoms with Crippen LogP contribution in [-0.4, -0.2) is 40.5 Å². The van der Waals surface area contributed by atoms with Crippen molar-refractivity contribution in [2.75, 3.05) is 19.6 Å². The van der Waals surface area contributed by atoms with Crippen LogP contribution in [0.5, 0.6) is 0 Å². The van der Waals surface area contributed by atoms with Crippen LogP contribution in [0.15, 0.2) is 29.2 Å². The molecule has 18 heavy (non-hydrogen) atoms. The van der Waals surface area contributed by atoms with Crippen LogP contribution in [0, 0.1) is 5.92 Å². The molecular weight excluding hydrogens is 242 g/mol. The standard InChI is InChI=1S/C15H21NOS/c1-11(2)15(17)9-16(10-15)8-13-7-12-5-3-4-6-14(12)18-13/h3-6,11,13,17H,7-10H2,1-2H3. The number of β-amino-alcohol motifs (C(OH)–C–C–N with tert-alkyl or cyclic N) is 1. The van der Waals surface area contributed by atoms with Crippen molar-refractivity contribution in [3.05, 3.63) is 29.8 Å². The van der Waals surface area contributed by atoms with Gasteiger partial charge in [-0.25, -0.2) is 0 Å². The van der Waals surface area contributed by atoms with Gasteiger partial charge in [-0.15, -0.1) is 11.8 Å². The van der Waals surface area contributed by atoms with Crippen LogP contribution in [0.25, 0.3) is 0 Å². The van der Waals surface area contributed by atoms with Gasteiger partial charge < -0.3 is 5.11 Å². The molecule has 0 radical (unpaired) electrons. The summed E-state index contributed by atoms with van der Waals surface area (Å²) in [5.74, 6) is 0.363. The molecule has 2 aliphatic heterocycles. The summed E-state index contributed by atoms with van der Waals surface area (Å²) < 4.78 is 0. The molecular formula is C15H21NOS. The zero-order chi connectivity index (χ0) is 12.8. The Morgan fingerprint density at radius 1 is 1.39 bits per heavy atom. The van der Waals surface area contributed by atoms with Crippen LogP contribution in [0.1, 0.15) is 19.4 Å². The van der Waals surface area contributed by atoms with Gasteiger partial charge in [-0.05, 0) is 24.0 Å². The molecule has 1 aromatic rings. The van der Waals surface area contributed by atoms with Gasteiger partial charge in [0.2, 0.25) is 0 Å². The molecule has 0 bridgehead atoms. The first-order valence-electron chi connectivity index (χ1n) is 6.76. The predicted molar refractivity (Wildman–Crippen MR) is 76.0 cm³/mol. The summed E-state index contributed by atoms with van der Waals surface area (Å²) in [6.07, 6.45) is 1.18. The molecule has 1 N–H and O–H groups in total. The van der Waals surface area contributed by atoms with Crippen molar-refractivity contribution in [2.24, 2.45) is 5.92 Å². The van der Waals surface area contributed by atoms with E-state index in [4.69, 9.17) is 0 Å². The molecule has 0 aliphatic carbocycles. The Labute approximate surface area is 113 Å².